The van der Waals surface area contributed by atoms with Gasteiger partial charge >= 0.3 is 0 Å². The molecule has 2 aromatic carbocycles. The fourth-order valence-electron chi connectivity index (χ4n) is 3.77. The quantitative estimate of drug-likeness (QED) is 0.313. The number of rotatable bonds is 7. The van der Waals surface area contributed by atoms with Gasteiger partial charge in [-0.3, -0.25) is 5.32 Å². The summed E-state index contributed by atoms with van der Waals surface area (Å²) in [6.45, 7) is 0.541. The molecule has 1 atom stereocenters. The van der Waals surface area contributed by atoms with E-state index in [1.807, 2.05) is 24.3 Å². The van der Waals surface area contributed by atoms with E-state index in [0.717, 1.165) is 28.4 Å². The summed E-state index contributed by atoms with van der Waals surface area (Å²) in [4.78, 5) is 4.59. The molecule has 1 fully saturated rings. The minimum absolute atomic E-state index is 0.324. The number of nitrogens with one attached hydrogen (secondary N) is 2. The van der Waals surface area contributed by atoms with Crippen molar-refractivity contribution in [2.75, 3.05) is 5.32 Å². The first-order valence-electron chi connectivity index (χ1n) is 10.6. The number of benzene rings is 2. The third-order valence-electron chi connectivity index (χ3n) is 5.85. The highest BCUT2D eigenvalue weighted by atomic mass is 79.9. The van der Waals surface area contributed by atoms with Crippen molar-refractivity contribution >= 4 is 27.4 Å². The van der Waals surface area contributed by atoms with E-state index < -0.39 is 6.23 Å². The van der Waals surface area contributed by atoms with Crippen molar-refractivity contribution in [1.82, 2.24) is 19.9 Å². The predicted octanol–water partition coefficient (Wildman–Crippen LogP) is 5.04. The lowest BCUT2D eigenvalue weighted by Gasteiger charge is -2.29. The Morgan fingerprint density at radius 2 is 1.94 bits per heavy atom. The lowest BCUT2D eigenvalue weighted by Crippen LogP contribution is -2.37. The monoisotopic (exact) mass is 495 g/mol. The van der Waals surface area contributed by atoms with Crippen molar-refractivity contribution < 1.29 is 9.50 Å². The Morgan fingerprint density at radius 1 is 1.16 bits per heavy atom. The van der Waals surface area contributed by atoms with E-state index in [0.29, 0.717) is 35.3 Å². The number of halogens is 2. The second-order valence-electron chi connectivity index (χ2n) is 8.03. The number of hydrogen-bond acceptors (Lipinski definition) is 5. The summed E-state index contributed by atoms with van der Waals surface area (Å²) >= 11 is 3.47. The molecule has 0 aliphatic heterocycles. The van der Waals surface area contributed by atoms with Gasteiger partial charge in [0.25, 0.3) is 0 Å². The number of hydrogen-bond donors (Lipinski definition) is 3. The second-order valence-corrected chi connectivity index (χ2v) is 8.88. The van der Waals surface area contributed by atoms with Crippen LogP contribution in [0.25, 0.3) is 16.9 Å². The van der Waals surface area contributed by atoms with Gasteiger partial charge in [-0.15, -0.1) is 0 Å². The van der Waals surface area contributed by atoms with Crippen LogP contribution in [0.15, 0.2) is 65.3 Å². The molecule has 2 heterocycles. The van der Waals surface area contributed by atoms with Crippen LogP contribution in [0.2, 0.25) is 0 Å². The van der Waals surface area contributed by atoms with Gasteiger partial charge in [-0.25, -0.2) is 9.37 Å². The van der Waals surface area contributed by atoms with Gasteiger partial charge in [-0.2, -0.15) is 9.61 Å². The van der Waals surface area contributed by atoms with Crippen LogP contribution in [0.4, 0.5) is 10.2 Å². The zero-order valence-electron chi connectivity index (χ0n) is 17.3. The van der Waals surface area contributed by atoms with Crippen molar-refractivity contribution in [2.45, 2.75) is 38.1 Å². The molecule has 164 valence electrons. The number of anilines is 1. The summed E-state index contributed by atoms with van der Waals surface area (Å²) in [6, 6.07) is 16.6. The number of nitrogens with zero attached hydrogens (tertiary/aromatic N) is 3. The van der Waals surface area contributed by atoms with Crippen molar-refractivity contribution in [3.8, 4) is 11.3 Å². The van der Waals surface area contributed by atoms with Crippen LogP contribution in [0, 0.1) is 5.82 Å². The van der Waals surface area contributed by atoms with E-state index in [9.17, 15) is 9.50 Å². The second kappa shape index (κ2) is 8.97. The molecule has 0 spiro atoms. The Labute approximate surface area is 193 Å². The zero-order valence-corrected chi connectivity index (χ0v) is 18.9. The highest BCUT2D eigenvalue weighted by molar-refractivity contribution is 9.10. The Balaban J connectivity index is 1.36. The molecule has 1 aliphatic rings. The zero-order chi connectivity index (χ0) is 22.1. The largest absolute Gasteiger partial charge is 0.374 e. The molecule has 2 aromatic heterocycles. The molecule has 3 N–H and O–H groups in total. The Morgan fingerprint density at radius 3 is 2.66 bits per heavy atom. The maximum atomic E-state index is 14.4. The minimum atomic E-state index is -0.646. The lowest BCUT2D eigenvalue weighted by molar-refractivity contribution is 0.105. The molecule has 0 bridgehead atoms. The van der Waals surface area contributed by atoms with Crippen LogP contribution in [0.5, 0.6) is 0 Å². The minimum Gasteiger partial charge on any atom is -0.374 e. The van der Waals surface area contributed by atoms with Gasteiger partial charge in [-0.05, 0) is 52.0 Å². The molecule has 32 heavy (non-hydrogen) atoms. The fraction of sp³-hybridized carbons (Fsp3) is 0.250. The third-order valence-corrected chi connectivity index (χ3v) is 6.41. The van der Waals surface area contributed by atoms with E-state index in [-0.39, 0.29) is 5.82 Å². The maximum Gasteiger partial charge on any atom is 0.172 e. The number of aliphatic hydroxyl groups excluding tert-OH is 1. The summed E-state index contributed by atoms with van der Waals surface area (Å²) < 4.78 is 16.8. The third kappa shape index (κ3) is 4.26. The highest BCUT2D eigenvalue weighted by Crippen LogP contribution is 2.28. The molecule has 0 amide bonds. The number of aliphatic hydroxyl groups is 1. The van der Waals surface area contributed by atoms with E-state index in [1.54, 1.807) is 35.0 Å². The van der Waals surface area contributed by atoms with Gasteiger partial charge in [0.15, 0.2) is 5.65 Å². The molecule has 8 heteroatoms. The van der Waals surface area contributed by atoms with E-state index >= 15 is 0 Å². The average Bonchev–Trinajstić information content (AvgIpc) is 3.16. The van der Waals surface area contributed by atoms with E-state index in [1.165, 1.54) is 12.5 Å². The maximum absolute atomic E-state index is 14.4. The molecule has 1 unspecified atom stereocenters. The van der Waals surface area contributed by atoms with Crippen LogP contribution in [0.3, 0.4) is 0 Å². The van der Waals surface area contributed by atoms with Crippen LogP contribution in [0.1, 0.15) is 36.6 Å². The highest BCUT2D eigenvalue weighted by Gasteiger charge is 2.20. The summed E-state index contributed by atoms with van der Waals surface area (Å²) in [7, 11) is 0. The van der Waals surface area contributed by atoms with Crippen LogP contribution < -0.4 is 10.6 Å². The Kier molecular flexibility index (Phi) is 5.91. The average molecular weight is 496 g/mol. The molecule has 0 saturated heterocycles. The summed E-state index contributed by atoms with van der Waals surface area (Å²) in [5.41, 5.74) is 3.47. The molecule has 1 aliphatic carbocycles. The smallest absolute Gasteiger partial charge is 0.172 e. The summed E-state index contributed by atoms with van der Waals surface area (Å²) in [5, 5.41) is 21.4. The summed E-state index contributed by atoms with van der Waals surface area (Å²) in [5.74, 6) is 0.380. The molecule has 5 rings (SSSR count). The standard InChI is InChI=1S/C24H23BrFN5O/c25-19-14-28-31-22(12-21(30-23(19)31)18-6-1-2-7-20(18)26)27-13-15-8-10-16(11-9-15)24(32)29-17-4-3-5-17/h1-2,6-12,14,17,24,27,29,32H,3-5,13H2. The number of aromatic nitrogens is 3. The van der Waals surface area contributed by atoms with Gasteiger partial charge in [-0.1, -0.05) is 42.8 Å². The SMILES string of the molecule is OC(NC1CCC1)c1ccc(CNc2cc(-c3ccccc3F)nc3c(Br)cnn23)cc1. The number of fused-ring (bicyclic) bond motifs is 1. The van der Waals surface area contributed by atoms with Crippen molar-refractivity contribution in [3.05, 3.63) is 82.2 Å². The van der Waals surface area contributed by atoms with E-state index in [2.05, 4.69) is 36.6 Å². The van der Waals surface area contributed by atoms with Crippen LogP contribution >= 0.6 is 15.9 Å². The topological polar surface area (TPSA) is 74.5 Å². The van der Waals surface area contributed by atoms with Gasteiger partial charge in [0, 0.05) is 24.2 Å². The molecule has 0 radical (unpaired) electrons. The van der Waals surface area contributed by atoms with Gasteiger partial charge in [0.2, 0.25) is 0 Å². The fourth-order valence-corrected chi connectivity index (χ4v) is 4.12. The first kappa shape index (κ1) is 21.1. The lowest BCUT2D eigenvalue weighted by atomic mass is 9.93. The molecule has 6 nitrogen and oxygen atoms in total. The first-order chi connectivity index (χ1) is 15.6. The Bertz CT molecular complexity index is 1240. The van der Waals surface area contributed by atoms with Gasteiger partial charge in [0.05, 0.1) is 16.4 Å². The molecular weight excluding hydrogens is 473 g/mol. The van der Waals surface area contributed by atoms with E-state index in [4.69, 9.17) is 0 Å². The first-order valence-corrected chi connectivity index (χ1v) is 11.4. The van der Waals surface area contributed by atoms with Crippen molar-refractivity contribution in [3.63, 3.8) is 0 Å². The normalized spacial score (nSPS) is 15.0. The van der Waals surface area contributed by atoms with Crippen molar-refractivity contribution in [2.24, 2.45) is 0 Å². The van der Waals surface area contributed by atoms with Gasteiger partial charge in [0.1, 0.15) is 17.9 Å². The van der Waals surface area contributed by atoms with Gasteiger partial charge < -0.3 is 10.4 Å². The summed E-state index contributed by atoms with van der Waals surface area (Å²) in [6.07, 6.45) is 4.49. The molecule has 4 aromatic rings. The Hall–Kier alpha value is -2.81. The predicted molar refractivity (Wildman–Crippen MR) is 126 cm³/mol. The molecule has 1 saturated carbocycles. The van der Waals surface area contributed by atoms with Crippen LogP contribution in [-0.4, -0.2) is 25.7 Å². The van der Waals surface area contributed by atoms with Crippen LogP contribution in [-0.2, 0) is 6.54 Å². The molecular formula is C24H23BrFN5O. The van der Waals surface area contributed by atoms with Crippen molar-refractivity contribution in [1.29, 1.82) is 0 Å².